The van der Waals surface area contributed by atoms with Gasteiger partial charge in [0.1, 0.15) is 24.4 Å². The van der Waals surface area contributed by atoms with Crippen LogP contribution < -0.4 is 5.32 Å². The van der Waals surface area contributed by atoms with Crippen LogP contribution in [0.2, 0.25) is 0 Å². The van der Waals surface area contributed by atoms with Crippen molar-refractivity contribution in [2.75, 3.05) is 13.2 Å². The van der Waals surface area contributed by atoms with Gasteiger partial charge in [0.05, 0.1) is 18.8 Å². The maximum atomic E-state index is 10.8. The third kappa shape index (κ3) is 5.02. The zero-order valence-electron chi connectivity index (χ0n) is 24.9. The van der Waals surface area contributed by atoms with E-state index in [0.717, 1.165) is 45.1 Å². The van der Waals surface area contributed by atoms with Crippen molar-refractivity contribution < 1.29 is 35.0 Å². The van der Waals surface area contributed by atoms with Gasteiger partial charge < -0.3 is 40.3 Å². The molecular weight excluding hydrogens is 522 g/mol. The van der Waals surface area contributed by atoms with E-state index in [-0.39, 0.29) is 29.6 Å². The molecule has 3 fully saturated rings. The normalized spacial score (nSPS) is 44.9. The van der Waals surface area contributed by atoms with E-state index in [0.29, 0.717) is 17.8 Å². The van der Waals surface area contributed by atoms with Crippen molar-refractivity contribution in [3.05, 3.63) is 46.0 Å². The molecule has 8 nitrogen and oxygen atoms in total. The lowest BCUT2D eigenvalue weighted by Crippen LogP contribution is -2.59. The average Bonchev–Trinajstić information content (AvgIpc) is 3.34. The number of piperidine rings is 1. The monoisotopic (exact) mass is 571 g/mol. The Morgan fingerprint density at radius 2 is 1.90 bits per heavy atom. The number of hydrogen-bond acceptors (Lipinski definition) is 8. The first kappa shape index (κ1) is 29.7. The Labute approximate surface area is 243 Å². The van der Waals surface area contributed by atoms with Crippen LogP contribution >= 0.6 is 0 Å². The van der Waals surface area contributed by atoms with Crippen LogP contribution in [-0.2, 0) is 15.9 Å². The number of ether oxygens (including phenoxy) is 2. The molecule has 0 aromatic heterocycles. The molecule has 0 radical (unpaired) electrons. The average molecular weight is 572 g/mol. The number of allylic oxidation sites excluding steroid dienone is 1. The van der Waals surface area contributed by atoms with Crippen molar-refractivity contribution in [3.63, 3.8) is 0 Å². The van der Waals surface area contributed by atoms with Gasteiger partial charge in [-0.15, -0.1) is 0 Å². The Balaban J connectivity index is 1.16. The molecule has 6 N–H and O–H groups in total. The van der Waals surface area contributed by atoms with Gasteiger partial charge in [-0.2, -0.15) is 0 Å². The van der Waals surface area contributed by atoms with Gasteiger partial charge in [-0.1, -0.05) is 44.6 Å². The number of fused-ring (bicyclic) bond motifs is 5. The smallest absolute Gasteiger partial charge is 0.186 e. The van der Waals surface area contributed by atoms with E-state index in [4.69, 9.17) is 9.47 Å². The second kappa shape index (κ2) is 11.3. The lowest BCUT2D eigenvalue weighted by Gasteiger charge is -2.50. The highest BCUT2D eigenvalue weighted by molar-refractivity contribution is 5.50. The summed E-state index contributed by atoms with van der Waals surface area (Å²) in [7, 11) is 0. The lowest BCUT2D eigenvalue weighted by molar-refractivity contribution is -0.312. The Kier molecular flexibility index (Phi) is 8.18. The highest BCUT2D eigenvalue weighted by Crippen LogP contribution is 2.60. The first-order valence-corrected chi connectivity index (χ1v) is 15.7. The van der Waals surface area contributed by atoms with Crippen LogP contribution in [0.25, 0.3) is 0 Å². The maximum Gasteiger partial charge on any atom is 0.186 e. The summed E-state index contributed by atoms with van der Waals surface area (Å²) in [5, 5.41) is 54.8. The number of hydrogen-bond donors (Lipinski definition) is 6. The summed E-state index contributed by atoms with van der Waals surface area (Å²) in [6, 6.07) is 4.77. The van der Waals surface area contributed by atoms with E-state index in [9.17, 15) is 25.5 Å². The summed E-state index contributed by atoms with van der Waals surface area (Å²) in [5.74, 6) is 1.76. The summed E-state index contributed by atoms with van der Waals surface area (Å²) in [5.41, 5.74) is 7.20. The van der Waals surface area contributed by atoms with Gasteiger partial charge in [0.2, 0.25) is 0 Å². The molecule has 41 heavy (non-hydrogen) atoms. The molecule has 2 saturated heterocycles. The van der Waals surface area contributed by atoms with Crippen LogP contribution in [0.4, 0.5) is 0 Å². The Hall–Kier alpha value is -1.36. The van der Waals surface area contributed by atoms with Crippen molar-refractivity contribution >= 4 is 0 Å². The van der Waals surface area contributed by atoms with Crippen molar-refractivity contribution in [2.45, 2.75) is 127 Å². The van der Waals surface area contributed by atoms with Crippen molar-refractivity contribution in [2.24, 2.45) is 17.3 Å². The van der Waals surface area contributed by atoms with E-state index in [1.165, 1.54) is 27.8 Å². The van der Waals surface area contributed by atoms with E-state index in [1.54, 1.807) is 0 Å². The van der Waals surface area contributed by atoms with Gasteiger partial charge in [0, 0.05) is 6.04 Å². The van der Waals surface area contributed by atoms with Crippen molar-refractivity contribution in [1.29, 1.82) is 0 Å². The number of aliphatic hydroxyl groups is 5. The highest BCUT2D eigenvalue weighted by atomic mass is 16.7. The molecule has 13 atom stereocenters. The topological polar surface area (TPSA) is 132 Å². The van der Waals surface area contributed by atoms with Crippen LogP contribution in [0.15, 0.2) is 23.8 Å². The van der Waals surface area contributed by atoms with Crippen LogP contribution in [0, 0.1) is 24.2 Å². The zero-order valence-corrected chi connectivity index (χ0v) is 24.9. The number of benzene rings is 1. The predicted octanol–water partition coefficient (Wildman–Crippen LogP) is 2.42. The van der Waals surface area contributed by atoms with Gasteiger partial charge in [0.25, 0.3) is 0 Å². The molecule has 3 aliphatic carbocycles. The molecule has 1 aromatic rings. The van der Waals surface area contributed by atoms with Crippen LogP contribution in [-0.4, -0.2) is 87.6 Å². The minimum atomic E-state index is -1.43. The maximum absolute atomic E-state index is 10.8. The summed E-state index contributed by atoms with van der Waals surface area (Å²) in [6.07, 6.45) is 1.14. The first-order valence-electron chi connectivity index (χ1n) is 15.7. The summed E-state index contributed by atoms with van der Waals surface area (Å²) in [4.78, 5) is 0. The van der Waals surface area contributed by atoms with Crippen molar-refractivity contribution in [1.82, 2.24) is 5.32 Å². The molecule has 0 amide bonds. The van der Waals surface area contributed by atoms with Gasteiger partial charge in [-0.25, -0.2) is 0 Å². The Morgan fingerprint density at radius 3 is 2.63 bits per heavy atom. The number of rotatable bonds is 5. The third-order valence-corrected chi connectivity index (χ3v) is 11.6. The first-order chi connectivity index (χ1) is 19.5. The molecule has 6 rings (SSSR count). The van der Waals surface area contributed by atoms with Gasteiger partial charge >= 0.3 is 0 Å². The SMILES string of the molecule is Cc1c([C@@H](C)[C@H]2NC[C@H](C)C[C@@H]2O)ccc2c1C[C@@H]1[C@@H]2CC=C2C[C@H](O[C@H]3O[C@@H](CO)[C@H](O)[C@@H](O)[C@@H]3O)CC[C@]21C. The number of nitrogens with one attached hydrogen (secondary N) is 1. The molecule has 2 aliphatic heterocycles. The Morgan fingerprint density at radius 1 is 1.12 bits per heavy atom. The molecule has 228 valence electrons. The number of aliphatic hydroxyl groups excluding tert-OH is 5. The van der Waals surface area contributed by atoms with E-state index >= 15 is 0 Å². The van der Waals surface area contributed by atoms with E-state index in [1.807, 2.05) is 0 Å². The summed E-state index contributed by atoms with van der Waals surface area (Å²) < 4.78 is 11.8. The van der Waals surface area contributed by atoms with Crippen LogP contribution in [0.5, 0.6) is 0 Å². The molecule has 5 aliphatic rings. The van der Waals surface area contributed by atoms with Gasteiger partial charge in [-0.05, 0) is 103 Å². The molecule has 2 heterocycles. The lowest BCUT2D eigenvalue weighted by atomic mass is 9.57. The predicted molar refractivity (Wildman–Crippen MR) is 154 cm³/mol. The minimum absolute atomic E-state index is 0.0622. The minimum Gasteiger partial charge on any atom is -0.394 e. The largest absolute Gasteiger partial charge is 0.394 e. The van der Waals surface area contributed by atoms with Crippen LogP contribution in [0.3, 0.4) is 0 Å². The van der Waals surface area contributed by atoms with E-state index < -0.39 is 37.3 Å². The molecule has 0 bridgehead atoms. The van der Waals surface area contributed by atoms with Gasteiger partial charge in [0.15, 0.2) is 6.29 Å². The second-order valence-corrected chi connectivity index (χ2v) is 14.0. The summed E-state index contributed by atoms with van der Waals surface area (Å²) in [6.45, 7) is 9.63. The molecule has 1 saturated carbocycles. The van der Waals surface area contributed by atoms with Gasteiger partial charge in [-0.3, -0.25) is 0 Å². The fourth-order valence-electron chi connectivity index (χ4n) is 8.96. The third-order valence-electron chi connectivity index (χ3n) is 11.6. The quantitative estimate of drug-likeness (QED) is 0.297. The second-order valence-electron chi connectivity index (χ2n) is 14.0. The molecule has 8 heteroatoms. The fraction of sp³-hybridized carbons (Fsp3) is 0.758. The molecule has 1 aromatic carbocycles. The fourth-order valence-corrected chi connectivity index (χ4v) is 8.96. The summed E-state index contributed by atoms with van der Waals surface area (Å²) >= 11 is 0. The standard InChI is InChI=1S/C33H49NO7/c1-16-11-26(36)28(34-14-16)18(3)21-7-8-22-23-6-5-19-12-20(9-10-33(19,4)25(23)13-24(22)17(21)2)40-32-31(39)30(38)29(37)27(15-35)41-32/h5,7-8,16,18,20,23,25-32,34-39H,6,9-15H2,1-4H3/t16-,18-,20-,23-,25-,26+,27+,28-,29+,30-,31+,32+,33-/m1/s1. The zero-order chi connectivity index (χ0) is 29.2. The van der Waals surface area contributed by atoms with Crippen molar-refractivity contribution in [3.8, 4) is 0 Å². The highest BCUT2D eigenvalue weighted by Gasteiger charge is 2.52. The van der Waals surface area contributed by atoms with E-state index in [2.05, 4.69) is 51.2 Å². The molecular formula is C33H49NO7. The molecule has 0 spiro atoms. The Bertz CT molecular complexity index is 1150. The molecule has 0 unspecified atom stereocenters. The van der Waals surface area contributed by atoms with Crippen LogP contribution in [0.1, 0.15) is 87.0 Å².